The Hall–Kier alpha value is -2.43. The van der Waals surface area contributed by atoms with Crippen molar-refractivity contribution in [1.82, 2.24) is 10.2 Å². The van der Waals surface area contributed by atoms with Crippen molar-refractivity contribution < 1.29 is 18.0 Å². The summed E-state index contributed by atoms with van der Waals surface area (Å²) in [6.45, 7) is 1.22. The summed E-state index contributed by atoms with van der Waals surface area (Å²) in [6.07, 6.45) is 0. The average molecular weight is 509 g/mol. The number of nitrogens with zero attached hydrogens (tertiary/aromatic N) is 1. The molecule has 0 bridgehead atoms. The first kappa shape index (κ1) is 23.2. The van der Waals surface area contributed by atoms with Gasteiger partial charge in [0.05, 0.1) is 22.9 Å². The molecule has 1 aliphatic rings. The van der Waals surface area contributed by atoms with E-state index in [1.165, 1.54) is 0 Å². The minimum atomic E-state index is -3.54. The van der Waals surface area contributed by atoms with E-state index >= 15 is 0 Å². The average Bonchev–Trinajstić information content (AvgIpc) is 2.67. The number of carbonyl (C=O) groups is 2. The highest BCUT2D eigenvalue weighted by Gasteiger charge is 2.30. The Balaban J connectivity index is 1.66. The molecule has 0 unspecified atom stereocenters. The summed E-state index contributed by atoms with van der Waals surface area (Å²) < 4.78 is 26.1. The molecule has 1 atom stereocenters. The zero-order valence-corrected chi connectivity index (χ0v) is 19.7. The number of benzene rings is 2. The summed E-state index contributed by atoms with van der Waals surface area (Å²) in [7, 11) is 0.299. The summed E-state index contributed by atoms with van der Waals surface area (Å²) in [5, 5.41) is 8.52. The molecule has 0 saturated heterocycles. The predicted octanol–water partition coefficient (Wildman–Crippen LogP) is 2.09. The van der Waals surface area contributed by atoms with Gasteiger partial charge >= 0.3 is 0 Å². The van der Waals surface area contributed by atoms with Crippen LogP contribution in [0.4, 0.5) is 11.4 Å². The van der Waals surface area contributed by atoms with Gasteiger partial charge in [0.2, 0.25) is 5.91 Å². The number of hydrogen-bond acceptors (Lipinski definition) is 6. The van der Waals surface area contributed by atoms with Crippen LogP contribution in [0.1, 0.15) is 15.9 Å². The van der Waals surface area contributed by atoms with Crippen molar-refractivity contribution in [2.24, 2.45) is 0 Å². The monoisotopic (exact) mass is 508 g/mol. The molecule has 1 aliphatic heterocycles. The van der Waals surface area contributed by atoms with E-state index in [1.54, 1.807) is 36.4 Å². The molecule has 3 rings (SSSR count). The van der Waals surface area contributed by atoms with Crippen molar-refractivity contribution in [2.45, 2.75) is 11.8 Å². The number of likely N-dealkylation sites (N-methyl/N-ethyl adjacent to an activating group) is 1. The van der Waals surface area contributed by atoms with E-state index in [1.807, 2.05) is 25.1 Å². The highest BCUT2D eigenvalue weighted by Crippen LogP contribution is 2.28. The number of amides is 2. The third-order valence-electron chi connectivity index (χ3n) is 4.73. The zero-order valence-electron chi connectivity index (χ0n) is 17.3. The van der Waals surface area contributed by atoms with Gasteiger partial charge in [0.25, 0.3) is 5.91 Å². The van der Waals surface area contributed by atoms with Crippen molar-refractivity contribution >= 4 is 49.0 Å². The second-order valence-electron chi connectivity index (χ2n) is 7.69. The smallest absolute Gasteiger partial charge is 0.251 e. The molecule has 2 aromatic carbocycles. The lowest BCUT2D eigenvalue weighted by atomic mass is 10.1. The molecule has 0 aromatic heterocycles. The number of carbonyl (C=O) groups excluding carboxylic acids is 2. The van der Waals surface area contributed by atoms with Crippen molar-refractivity contribution in [1.29, 1.82) is 0 Å². The van der Waals surface area contributed by atoms with E-state index in [0.29, 0.717) is 35.6 Å². The van der Waals surface area contributed by atoms with Gasteiger partial charge in [0.1, 0.15) is 6.04 Å². The topological polar surface area (TPSA) is 108 Å². The second kappa shape index (κ2) is 9.80. The number of nitrogens with one attached hydrogen (secondary N) is 3. The fourth-order valence-corrected chi connectivity index (χ4v) is 5.19. The zero-order chi connectivity index (χ0) is 22.6. The van der Waals surface area contributed by atoms with E-state index in [0.717, 1.165) is 4.47 Å². The molecule has 31 heavy (non-hydrogen) atoms. The van der Waals surface area contributed by atoms with Crippen LogP contribution in [0, 0.1) is 0 Å². The number of halogens is 1. The fraction of sp³-hybridized carbons (Fsp3) is 0.333. The lowest BCUT2D eigenvalue weighted by Crippen LogP contribution is -2.43. The minimum Gasteiger partial charge on any atom is -0.371 e. The molecule has 0 fully saturated rings. The van der Waals surface area contributed by atoms with Gasteiger partial charge in [-0.3, -0.25) is 9.59 Å². The number of anilines is 2. The highest BCUT2D eigenvalue weighted by atomic mass is 79.9. The lowest BCUT2D eigenvalue weighted by Gasteiger charge is -2.27. The molecule has 10 heteroatoms. The first-order valence-electron chi connectivity index (χ1n) is 9.72. The number of sulfone groups is 1. The molecule has 0 saturated carbocycles. The van der Waals surface area contributed by atoms with E-state index in [4.69, 9.17) is 0 Å². The summed E-state index contributed by atoms with van der Waals surface area (Å²) >= 11 is 3.33. The van der Waals surface area contributed by atoms with Gasteiger partial charge in [-0.25, -0.2) is 8.42 Å². The lowest BCUT2D eigenvalue weighted by molar-refractivity contribution is -0.116. The van der Waals surface area contributed by atoms with Crippen LogP contribution in [0.3, 0.4) is 0 Å². The molecule has 0 aliphatic carbocycles. The maximum atomic E-state index is 12.6. The number of fused-ring (bicyclic) bond motifs is 1. The highest BCUT2D eigenvalue weighted by molar-refractivity contribution is 9.10. The van der Waals surface area contributed by atoms with Crippen LogP contribution in [0.2, 0.25) is 0 Å². The normalized spacial score (nSPS) is 15.7. The first-order valence-corrected chi connectivity index (χ1v) is 12.3. The van der Waals surface area contributed by atoms with Gasteiger partial charge in [0, 0.05) is 23.1 Å². The Bertz CT molecular complexity index is 1090. The third kappa shape index (κ3) is 6.52. The number of hydrogen-bond donors (Lipinski definition) is 3. The maximum Gasteiger partial charge on any atom is 0.251 e. The van der Waals surface area contributed by atoms with Crippen LogP contribution < -0.4 is 16.0 Å². The van der Waals surface area contributed by atoms with E-state index in [9.17, 15) is 18.0 Å². The summed E-state index contributed by atoms with van der Waals surface area (Å²) in [5.74, 6) is -1.18. The van der Waals surface area contributed by atoms with Crippen LogP contribution in [0.25, 0.3) is 0 Å². The summed E-state index contributed by atoms with van der Waals surface area (Å²) in [6, 6.07) is 11.0. The van der Waals surface area contributed by atoms with Crippen LogP contribution in [0.5, 0.6) is 0 Å². The van der Waals surface area contributed by atoms with Crippen molar-refractivity contribution in [3.8, 4) is 0 Å². The quantitative estimate of drug-likeness (QED) is 0.503. The van der Waals surface area contributed by atoms with Gasteiger partial charge in [-0.05, 0) is 50.0 Å². The SMILES string of the molecule is CN(C)CCNC(=O)c1ccc2c(c1)NC(=O)[C@H](CS(=O)(=O)Cc1cccc(Br)c1)N2. The predicted molar refractivity (Wildman–Crippen MR) is 125 cm³/mol. The van der Waals surface area contributed by atoms with E-state index in [2.05, 4.69) is 31.9 Å². The molecule has 2 amide bonds. The van der Waals surface area contributed by atoms with E-state index in [-0.39, 0.29) is 17.4 Å². The molecule has 8 nitrogen and oxygen atoms in total. The molecule has 2 aromatic rings. The maximum absolute atomic E-state index is 12.6. The molecular weight excluding hydrogens is 484 g/mol. The van der Waals surface area contributed by atoms with Crippen LogP contribution >= 0.6 is 15.9 Å². The Morgan fingerprint density at radius 1 is 1.16 bits per heavy atom. The van der Waals surface area contributed by atoms with Gasteiger partial charge in [-0.1, -0.05) is 28.1 Å². The molecule has 3 N–H and O–H groups in total. The minimum absolute atomic E-state index is 0.156. The number of rotatable bonds is 8. The van der Waals surface area contributed by atoms with Gasteiger partial charge in [0.15, 0.2) is 9.84 Å². The molecule has 0 radical (unpaired) electrons. The van der Waals surface area contributed by atoms with Gasteiger partial charge < -0.3 is 20.9 Å². The molecule has 0 spiro atoms. The Morgan fingerprint density at radius 3 is 2.65 bits per heavy atom. The largest absolute Gasteiger partial charge is 0.371 e. The Labute approximate surface area is 190 Å². The van der Waals surface area contributed by atoms with Gasteiger partial charge in [-0.2, -0.15) is 0 Å². The molecule has 1 heterocycles. The first-order chi connectivity index (χ1) is 14.6. The Morgan fingerprint density at radius 2 is 1.94 bits per heavy atom. The summed E-state index contributed by atoms with van der Waals surface area (Å²) in [4.78, 5) is 26.8. The van der Waals surface area contributed by atoms with Crippen LogP contribution in [-0.2, 0) is 20.4 Å². The van der Waals surface area contributed by atoms with E-state index < -0.39 is 21.8 Å². The molecule has 166 valence electrons. The van der Waals surface area contributed by atoms with Crippen molar-refractivity contribution in [2.75, 3.05) is 43.6 Å². The molecular formula is C21H25BrN4O4S. The van der Waals surface area contributed by atoms with Crippen molar-refractivity contribution in [3.05, 3.63) is 58.1 Å². The summed E-state index contributed by atoms with van der Waals surface area (Å²) in [5.41, 5.74) is 2.09. The standard InChI is InChI=1S/C21H25BrN4O4S/c1-26(2)9-8-23-20(27)15-6-7-17-18(11-15)25-21(28)19(24-17)13-31(29,30)12-14-4-3-5-16(22)10-14/h3-7,10-11,19,24H,8-9,12-13H2,1-2H3,(H,23,27)(H,25,28)/t19-/m0/s1. The fourth-order valence-electron chi connectivity index (χ4n) is 3.19. The van der Waals surface area contributed by atoms with Gasteiger partial charge in [-0.15, -0.1) is 0 Å². The third-order valence-corrected chi connectivity index (χ3v) is 6.83. The van der Waals surface area contributed by atoms with Crippen LogP contribution in [0.15, 0.2) is 46.9 Å². The van der Waals surface area contributed by atoms with Crippen molar-refractivity contribution in [3.63, 3.8) is 0 Å². The second-order valence-corrected chi connectivity index (χ2v) is 10.7. The Kier molecular flexibility index (Phi) is 7.34. The van der Waals surface area contributed by atoms with Crippen LogP contribution in [-0.4, -0.2) is 64.1 Å².